The molecule has 1 unspecified atom stereocenters. The first-order valence-corrected chi connectivity index (χ1v) is 33.9. The topological polar surface area (TPSA) is 302 Å². The molecule has 6 aliphatic rings. The molecule has 0 bridgehead atoms. The zero-order chi connectivity index (χ0) is 64.9. The molecular formula is C64H76ClF2N10O12PS. The second-order valence-corrected chi connectivity index (χ2v) is 28.1. The van der Waals surface area contributed by atoms with E-state index < -0.39 is 90.5 Å². The summed E-state index contributed by atoms with van der Waals surface area (Å²) in [5, 5.41) is 11.5. The molecule has 7 heterocycles. The summed E-state index contributed by atoms with van der Waals surface area (Å²) in [4.78, 5) is 151. The largest absolute Gasteiger partial charge is 0.399 e. The van der Waals surface area contributed by atoms with Crippen LogP contribution >= 0.6 is 30.5 Å². The fraction of sp³-hybridized carbons (Fsp3) is 0.516. The molecule has 5 fully saturated rings. The number of amides is 9. The summed E-state index contributed by atoms with van der Waals surface area (Å²) in [5.41, 5.74) is 2.80. The number of carbonyl (C=O) groups excluding carboxylic acids is 9. The average molecular weight is 1310 g/mol. The number of fused-ring (bicyclic) bond motifs is 3. The molecule has 6 aliphatic heterocycles. The third kappa shape index (κ3) is 15.8. The molecule has 6 atom stereocenters. The molecule has 0 spiro atoms. The first kappa shape index (κ1) is 66.7. The molecule has 4 aromatic rings. The summed E-state index contributed by atoms with van der Waals surface area (Å²) in [7, 11) is -3.81. The number of nitrogens with two attached hydrogens (primary N) is 1. The van der Waals surface area contributed by atoms with Gasteiger partial charge in [0.2, 0.25) is 41.4 Å². The van der Waals surface area contributed by atoms with Crippen molar-refractivity contribution in [3.8, 4) is 11.8 Å². The normalized spacial score (nSPS) is 22.1. The van der Waals surface area contributed by atoms with Gasteiger partial charge in [0, 0.05) is 90.9 Å². The Balaban J connectivity index is 0.805. The van der Waals surface area contributed by atoms with E-state index in [1.54, 1.807) is 41.3 Å². The first-order chi connectivity index (χ1) is 43.4. The van der Waals surface area contributed by atoms with Gasteiger partial charge in [-0.1, -0.05) is 47.7 Å². The summed E-state index contributed by atoms with van der Waals surface area (Å²) in [5.74, 6) is 2.23. The molecule has 91 heavy (non-hydrogen) atoms. The van der Waals surface area contributed by atoms with Crippen molar-refractivity contribution >= 4 is 93.8 Å². The summed E-state index contributed by atoms with van der Waals surface area (Å²) in [6.45, 7) is 4.15. The van der Waals surface area contributed by atoms with Crippen LogP contribution < -0.4 is 27.0 Å². The Kier molecular flexibility index (Phi) is 21.1. The molecule has 22 nitrogen and oxygen atoms in total. The number of nitrogens with one attached hydrogen (secondary N) is 4. The Morgan fingerprint density at radius 3 is 2.31 bits per heavy atom. The van der Waals surface area contributed by atoms with Gasteiger partial charge in [0.25, 0.3) is 11.8 Å². The van der Waals surface area contributed by atoms with Crippen LogP contribution in [0.2, 0.25) is 5.02 Å². The quantitative estimate of drug-likeness (QED) is 0.0349. The number of thiophene rings is 1. The lowest BCUT2D eigenvalue weighted by molar-refractivity contribution is -0.144. The first-order valence-electron chi connectivity index (χ1n) is 31.1. The monoisotopic (exact) mass is 1310 g/mol. The second-order valence-electron chi connectivity index (χ2n) is 24.9. The highest BCUT2D eigenvalue weighted by molar-refractivity contribution is 7.52. The maximum absolute atomic E-state index is 15.1. The molecule has 3 aromatic carbocycles. The van der Waals surface area contributed by atoms with Crippen molar-refractivity contribution in [1.82, 2.24) is 45.8 Å². The third-order valence-corrected chi connectivity index (χ3v) is 21.1. The molecule has 9 amide bonds. The molecule has 1 aromatic heterocycles. The van der Waals surface area contributed by atoms with Crippen molar-refractivity contribution in [2.75, 3.05) is 52.9 Å². The lowest BCUT2D eigenvalue weighted by Crippen LogP contribution is -2.62. The van der Waals surface area contributed by atoms with Crippen molar-refractivity contribution in [2.24, 2.45) is 17.6 Å². The van der Waals surface area contributed by atoms with Crippen molar-refractivity contribution in [3.63, 3.8) is 0 Å². The lowest BCUT2D eigenvalue weighted by Gasteiger charge is -2.39. The van der Waals surface area contributed by atoms with Crippen LogP contribution in [0.1, 0.15) is 132 Å². The minimum absolute atomic E-state index is 0.0443. The van der Waals surface area contributed by atoms with Crippen LogP contribution in [0.4, 0.5) is 8.78 Å². The number of imide groups is 1. The zero-order valence-corrected chi connectivity index (χ0v) is 53.0. The van der Waals surface area contributed by atoms with E-state index in [9.17, 15) is 61.5 Å². The van der Waals surface area contributed by atoms with Crippen LogP contribution in [0.25, 0.3) is 10.1 Å². The molecule has 0 saturated carbocycles. The maximum atomic E-state index is 15.1. The van der Waals surface area contributed by atoms with Gasteiger partial charge < -0.3 is 56.0 Å². The number of hydrogen-bond donors (Lipinski definition) is 7. The summed E-state index contributed by atoms with van der Waals surface area (Å²) in [6, 6.07) is 10.5. The highest BCUT2D eigenvalue weighted by atomic mass is 35.5. The molecule has 10 rings (SSSR count). The SMILES string of the molecule is CN1CCC(CCN2CC[C@H]3CC[C@@H](C(=O)N[C@@H](CCC(N)=O)C(=O)N[C@@H](Cc4ccc(Cl)cc4)C(=O)N4CCC(CCC#Cc5cccc6c5CN(C5CCC(=O)NC5=O)C6=O)CC4)N3C(=O)[C@@H](NC(=O)c3cc4cc(C(F)(F)P(=O)(O)O)ccc4s3)C2)CC1. The van der Waals surface area contributed by atoms with E-state index in [2.05, 4.69) is 50.0 Å². The smallest absolute Gasteiger partial charge is 0.370 e. The predicted molar refractivity (Wildman–Crippen MR) is 334 cm³/mol. The van der Waals surface area contributed by atoms with Gasteiger partial charge in [-0.05, 0) is 168 Å². The van der Waals surface area contributed by atoms with Crippen LogP contribution in [0, 0.1) is 23.7 Å². The second kappa shape index (κ2) is 28.8. The summed E-state index contributed by atoms with van der Waals surface area (Å²) < 4.78 is 41.6. The number of alkyl halides is 2. The Labute approximate surface area is 534 Å². The van der Waals surface area contributed by atoms with Gasteiger partial charge in [-0.25, -0.2) is 0 Å². The van der Waals surface area contributed by atoms with Gasteiger partial charge in [-0.2, -0.15) is 8.78 Å². The number of likely N-dealkylation sites (tertiary alicyclic amines) is 2. The number of primary amides is 1. The van der Waals surface area contributed by atoms with E-state index in [0.29, 0.717) is 90.6 Å². The van der Waals surface area contributed by atoms with Crippen molar-refractivity contribution in [1.29, 1.82) is 0 Å². The van der Waals surface area contributed by atoms with Crippen LogP contribution in [-0.2, 0) is 56.8 Å². The Morgan fingerprint density at radius 2 is 1.59 bits per heavy atom. The average Bonchev–Trinajstić information content (AvgIpc) is 1.73. The van der Waals surface area contributed by atoms with Gasteiger partial charge in [0.15, 0.2) is 0 Å². The van der Waals surface area contributed by atoms with Gasteiger partial charge in [0.05, 0.1) is 4.88 Å². The fourth-order valence-corrected chi connectivity index (χ4v) is 15.0. The van der Waals surface area contributed by atoms with E-state index in [4.69, 9.17) is 17.3 Å². The molecule has 0 radical (unpaired) electrons. The number of rotatable bonds is 20. The van der Waals surface area contributed by atoms with E-state index in [-0.39, 0.29) is 85.5 Å². The minimum atomic E-state index is -5.89. The minimum Gasteiger partial charge on any atom is -0.370 e. The van der Waals surface area contributed by atoms with Gasteiger partial charge in [0.1, 0.15) is 30.2 Å². The number of piperidine rings is 3. The molecule has 8 N–H and O–H groups in total. The van der Waals surface area contributed by atoms with Gasteiger partial charge >= 0.3 is 13.3 Å². The van der Waals surface area contributed by atoms with E-state index >= 15 is 4.79 Å². The standard InChI is InChI=1S/C64H76ClF2N10O12PS/c1-73-27-21-39(22-28-73)23-29-74-30-26-45-14-16-52(77(45)63(86)50(37-74)71-60(83)54-35-42-34-43(11-18-53(42)91-54)64(66,67)90(87,88)89)59(82)69-48(15-19-55(68)78)57(80)70-49(33-40-9-12-44(65)13-10-40)62(85)75-31-24-38(25-32-75)5-2-3-6-41-7-4-8-46-47(41)36-76(61(46)84)51-17-20-56(79)72-58(51)81/h4,7-13,18,34-35,38-39,45,48-52H,2,5,14-17,19-33,36-37H2,1H3,(H2,68,78)(H,69,82)(H,70,80)(H,71,83)(H,72,79,81)(H2,87,88,89)/t45-,48+,49+,50+,51?,52+/m1/s1. The predicted octanol–water partition coefficient (Wildman–Crippen LogP) is 4.99. The molecule has 0 aliphatic carbocycles. The third-order valence-electron chi connectivity index (χ3n) is 18.7. The van der Waals surface area contributed by atoms with Crippen molar-refractivity contribution < 1.29 is 66.3 Å². The maximum Gasteiger partial charge on any atom is 0.399 e. The number of carbonyl (C=O) groups is 9. The lowest BCUT2D eigenvalue weighted by atomic mass is 9.91. The molecular weight excluding hydrogens is 1240 g/mol. The summed E-state index contributed by atoms with van der Waals surface area (Å²) in [6.07, 6.45) is 6.51. The highest BCUT2D eigenvalue weighted by Gasteiger charge is 2.51. The molecule has 5 saturated heterocycles. The van der Waals surface area contributed by atoms with E-state index in [1.807, 2.05) is 6.07 Å². The Hall–Kier alpha value is -7.17. The van der Waals surface area contributed by atoms with Crippen LogP contribution in [0.5, 0.6) is 0 Å². The number of benzene rings is 3. The fourth-order valence-electron chi connectivity index (χ4n) is 13.4. The van der Waals surface area contributed by atoms with E-state index in [0.717, 1.165) is 67.8 Å². The highest BCUT2D eigenvalue weighted by Crippen LogP contribution is 2.59. The summed E-state index contributed by atoms with van der Waals surface area (Å²) >= 11 is 7.19. The number of halogens is 3. The van der Waals surface area contributed by atoms with Crippen LogP contribution in [-0.4, -0.2) is 177 Å². The Bertz CT molecular complexity index is 3580. The molecule has 27 heteroatoms. The van der Waals surface area contributed by atoms with Crippen LogP contribution in [0.15, 0.2) is 66.7 Å². The molecule has 486 valence electrons. The van der Waals surface area contributed by atoms with Crippen molar-refractivity contribution in [2.45, 2.75) is 145 Å². The van der Waals surface area contributed by atoms with Crippen molar-refractivity contribution in [3.05, 3.63) is 104 Å². The van der Waals surface area contributed by atoms with E-state index in [1.165, 1.54) is 21.9 Å². The Morgan fingerprint density at radius 1 is 0.868 bits per heavy atom. The van der Waals surface area contributed by atoms with Gasteiger partial charge in [-0.3, -0.25) is 53.0 Å². The van der Waals surface area contributed by atoms with Gasteiger partial charge in [-0.15, -0.1) is 11.3 Å². The number of hydrogen-bond acceptors (Lipinski definition) is 13. The zero-order valence-electron chi connectivity index (χ0n) is 50.5. The van der Waals surface area contributed by atoms with Crippen LogP contribution in [0.3, 0.4) is 0 Å². The number of nitrogens with zero attached hydrogens (tertiary/aromatic N) is 5.